The molecule has 2 heteroatoms. The van der Waals surface area contributed by atoms with Crippen molar-refractivity contribution >= 4 is 22.6 Å². The van der Waals surface area contributed by atoms with Gasteiger partial charge in [0.1, 0.15) is 5.75 Å². The van der Waals surface area contributed by atoms with E-state index in [-0.39, 0.29) is 5.41 Å². The maximum absolute atomic E-state index is 9.97. The molecule has 0 saturated heterocycles. The topological polar surface area (TPSA) is 20.2 Å². The fraction of sp³-hybridized carbons (Fsp3) is 0.571. The molecule has 0 unspecified atom stereocenters. The number of phenols is 1. The van der Waals surface area contributed by atoms with Crippen LogP contribution in [0.3, 0.4) is 0 Å². The van der Waals surface area contributed by atoms with Crippen LogP contribution in [0, 0.1) is 3.57 Å². The second kappa shape index (κ2) is 5.39. The smallest absolute Gasteiger partial charge is 0.120 e. The Morgan fingerprint density at radius 1 is 1.25 bits per heavy atom. The number of halogens is 1. The summed E-state index contributed by atoms with van der Waals surface area (Å²) in [7, 11) is 0. The third-order valence-corrected chi connectivity index (χ3v) is 3.98. The van der Waals surface area contributed by atoms with Crippen molar-refractivity contribution in [3.8, 4) is 5.75 Å². The Labute approximate surface area is 112 Å². The van der Waals surface area contributed by atoms with Crippen molar-refractivity contribution in [1.29, 1.82) is 0 Å². The van der Waals surface area contributed by atoms with Gasteiger partial charge in [-0.1, -0.05) is 40.2 Å². The Kier molecular flexibility index (Phi) is 4.65. The highest BCUT2D eigenvalue weighted by Gasteiger charge is 2.22. The van der Waals surface area contributed by atoms with Crippen molar-refractivity contribution in [3.63, 3.8) is 0 Å². The van der Waals surface area contributed by atoms with E-state index in [2.05, 4.69) is 56.4 Å². The van der Waals surface area contributed by atoms with Gasteiger partial charge in [0.25, 0.3) is 0 Å². The lowest BCUT2D eigenvalue weighted by Gasteiger charge is -2.23. The summed E-state index contributed by atoms with van der Waals surface area (Å²) in [5.74, 6) is 0.428. The first kappa shape index (κ1) is 13.8. The standard InChI is InChI=1S/C14H21IO/c1-5-6-7-10-8-9-11(16)12(13(10)15)14(2,3)4/h8-9,16H,5-7H2,1-4H3. The normalized spacial score (nSPS) is 11.8. The average Bonchev–Trinajstić information content (AvgIpc) is 2.14. The van der Waals surface area contributed by atoms with Crippen LogP contribution >= 0.6 is 22.6 Å². The summed E-state index contributed by atoms with van der Waals surface area (Å²) in [5, 5.41) is 9.97. The van der Waals surface area contributed by atoms with Crippen LogP contribution in [-0.4, -0.2) is 5.11 Å². The molecule has 0 fully saturated rings. The third-order valence-electron chi connectivity index (χ3n) is 2.75. The molecule has 0 atom stereocenters. The Balaban J connectivity index is 3.17. The molecule has 0 radical (unpaired) electrons. The molecule has 16 heavy (non-hydrogen) atoms. The Morgan fingerprint density at radius 2 is 1.88 bits per heavy atom. The quantitative estimate of drug-likeness (QED) is 0.800. The zero-order valence-corrected chi connectivity index (χ0v) is 12.8. The van der Waals surface area contributed by atoms with Crippen LogP contribution in [0.1, 0.15) is 51.7 Å². The van der Waals surface area contributed by atoms with E-state index < -0.39 is 0 Å². The molecule has 1 aromatic carbocycles. The average molecular weight is 332 g/mol. The van der Waals surface area contributed by atoms with Crippen LogP contribution in [0.4, 0.5) is 0 Å². The molecule has 90 valence electrons. The molecule has 0 heterocycles. The maximum atomic E-state index is 9.97. The van der Waals surface area contributed by atoms with Crippen molar-refractivity contribution in [1.82, 2.24) is 0 Å². The van der Waals surface area contributed by atoms with Gasteiger partial charge in [0.15, 0.2) is 0 Å². The van der Waals surface area contributed by atoms with Gasteiger partial charge in [0.2, 0.25) is 0 Å². The largest absolute Gasteiger partial charge is 0.508 e. The van der Waals surface area contributed by atoms with Gasteiger partial charge < -0.3 is 5.11 Å². The van der Waals surface area contributed by atoms with E-state index in [0.29, 0.717) is 5.75 Å². The highest BCUT2D eigenvalue weighted by atomic mass is 127. The number of benzene rings is 1. The number of hydrogen-bond acceptors (Lipinski definition) is 1. The van der Waals surface area contributed by atoms with Gasteiger partial charge in [-0.25, -0.2) is 0 Å². The van der Waals surface area contributed by atoms with Crippen LogP contribution in [0.15, 0.2) is 12.1 Å². The number of unbranched alkanes of at least 4 members (excludes halogenated alkanes) is 1. The third kappa shape index (κ3) is 3.12. The molecule has 0 amide bonds. The van der Waals surface area contributed by atoms with Gasteiger partial charge in [0, 0.05) is 9.13 Å². The van der Waals surface area contributed by atoms with Crippen molar-refractivity contribution in [3.05, 3.63) is 26.8 Å². The Hall–Kier alpha value is -0.250. The maximum Gasteiger partial charge on any atom is 0.120 e. The van der Waals surface area contributed by atoms with Crippen molar-refractivity contribution in [2.75, 3.05) is 0 Å². The number of aryl methyl sites for hydroxylation is 1. The minimum Gasteiger partial charge on any atom is -0.508 e. The highest BCUT2D eigenvalue weighted by molar-refractivity contribution is 14.1. The molecule has 0 aromatic heterocycles. The molecule has 0 aliphatic heterocycles. The minimum absolute atomic E-state index is 0.00281. The summed E-state index contributed by atoms with van der Waals surface area (Å²) >= 11 is 2.37. The summed E-state index contributed by atoms with van der Waals surface area (Å²) in [4.78, 5) is 0. The summed E-state index contributed by atoms with van der Waals surface area (Å²) in [5.41, 5.74) is 2.45. The predicted octanol–water partition coefficient (Wildman–Crippen LogP) is 4.64. The van der Waals surface area contributed by atoms with Gasteiger partial charge in [-0.05, 0) is 52.5 Å². The lowest BCUT2D eigenvalue weighted by molar-refractivity contribution is 0.444. The zero-order chi connectivity index (χ0) is 12.3. The van der Waals surface area contributed by atoms with E-state index in [4.69, 9.17) is 0 Å². The monoisotopic (exact) mass is 332 g/mol. The summed E-state index contributed by atoms with van der Waals surface area (Å²) in [6.45, 7) is 8.65. The Morgan fingerprint density at radius 3 is 2.38 bits per heavy atom. The van der Waals surface area contributed by atoms with Gasteiger partial charge in [-0.15, -0.1) is 0 Å². The molecule has 0 saturated carbocycles. The fourth-order valence-corrected chi connectivity index (χ4v) is 3.42. The van der Waals surface area contributed by atoms with Crippen LogP contribution in [-0.2, 0) is 11.8 Å². The first-order valence-electron chi connectivity index (χ1n) is 5.88. The lowest BCUT2D eigenvalue weighted by atomic mass is 9.85. The number of phenolic OH excluding ortho intramolecular Hbond substituents is 1. The second-order valence-electron chi connectivity index (χ2n) is 5.29. The summed E-state index contributed by atoms with van der Waals surface area (Å²) in [6, 6.07) is 3.90. The van der Waals surface area contributed by atoms with Crippen LogP contribution in [0.2, 0.25) is 0 Å². The molecule has 1 N–H and O–H groups in total. The van der Waals surface area contributed by atoms with Crippen LogP contribution in [0.5, 0.6) is 5.75 Å². The van der Waals surface area contributed by atoms with E-state index in [9.17, 15) is 5.11 Å². The van der Waals surface area contributed by atoms with Crippen molar-refractivity contribution in [2.45, 2.75) is 52.4 Å². The zero-order valence-electron chi connectivity index (χ0n) is 10.6. The number of rotatable bonds is 3. The number of hydrogen-bond donors (Lipinski definition) is 1. The molecule has 1 rings (SSSR count). The molecule has 1 nitrogen and oxygen atoms in total. The van der Waals surface area contributed by atoms with Gasteiger partial charge in [-0.3, -0.25) is 0 Å². The van der Waals surface area contributed by atoms with E-state index in [1.807, 2.05) is 6.07 Å². The van der Waals surface area contributed by atoms with E-state index in [0.717, 1.165) is 12.0 Å². The molecular weight excluding hydrogens is 311 g/mol. The van der Waals surface area contributed by atoms with Gasteiger partial charge in [-0.2, -0.15) is 0 Å². The minimum atomic E-state index is 0.00281. The van der Waals surface area contributed by atoms with E-state index in [1.54, 1.807) is 0 Å². The summed E-state index contributed by atoms with van der Waals surface area (Å²) in [6.07, 6.45) is 3.53. The fourth-order valence-electron chi connectivity index (χ4n) is 1.88. The lowest BCUT2D eigenvalue weighted by Crippen LogP contribution is -2.14. The van der Waals surface area contributed by atoms with Crippen LogP contribution < -0.4 is 0 Å². The second-order valence-corrected chi connectivity index (χ2v) is 6.37. The van der Waals surface area contributed by atoms with Gasteiger partial charge >= 0.3 is 0 Å². The molecular formula is C14H21IO. The van der Waals surface area contributed by atoms with Crippen molar-refractivity contribution < 1.29 is 5.11 Å². The summed E-state index contributed by atoms with van der Waals surface area (Å²) < 4.78 is 1.23. The highest BCUT2D eigenvalue weighted by Crippen LogP contribution is 2.36. The molecule has 0 aliphatic rings. The molecule has 0 spiro atoms. The SMILES string of the molecule is CCCCc1ccc(O)c(C(C)(C)C)c1I. The van der Waals surface area contributed by atoms with E-state index in [1.165, 1.54) is 22.0 Å². The molecule has 1 aromatic rings. The van der Waals surface area contributed by atoms with Crippen LogP contribution in [0.25, 0.3) is 0 Å². The molecule has 0 bridgehead atoms. The molecule has 0 aliphatic carbocycles. The van der Waals surface area contributed by atoms with Crippen molar-refractivity contribution in [2.24, 2.45) is 0 Å². The predicted molar refractivity (Wildman–Crippen MR) is 78.1 cm³/mol. The Bertz CT molecular complexity index is 364. The van der Waals surface area contributed by atoms with Gasteiger partial charge in [0.05, 0.1) is 0 Å². The van der Waals surface area contributed by atoms with E-state index >= 15 is 0 Å². The first-order chi connectivity index (χ1) is 7.38. The number of aromatic hydroxyl groups is 1. The first-order valence-corrected chi connectivity index (χ1v) is 6.96.